The Labute approximate surface area is 166 Å². The van der Waals surface area contributed by atoms with Crippen molar-refractivity contribution in [2.45, 2.75) is 25.3 Å². The Balaban J connectivity index is 1.53. The summed E-state index contributed by atoms with van der Waals surface area (Å²) in [6.45, 7) is 0. The number of rotatable bonds is 7. The van der Waals surface area contributed by atoms with Crippen LogP contribution in [0.25, 0.3) is 0 Å². The number of para-hydroxylation sites is 1. The Morgan fingerprint density at radius 3 is 2.14 bits per heavy atom. The normalized spacial score (nSPS) is 18.6. The molecule has 142 valence electrons. The van der Waals surface area contributed by atoms with E-state index in [0.717, 1.165) is 36.3 Å². The fourth-order valence-corrected chi connectivity index (χ4v) is 4.06. The molecule has 1 aliphatic heterocycles. The van der Waals surface area contributed by atoms with E-state index in [-0.39, 0.29) is 17.9 Å². The van der Waals surface area contributed by atoms with Gasteiger partial charge in [-0.2, -0.15) is 0 Å². The van der Waals surface area contributed by atoms with E-state index in [1.807, 2.05) is 53.4 Å². The minimum absolute atomic E-state index is 0.0253. The second kappa shape index (κ2) is 8.30. The average molecular weight is 371 g/mol. The molecule has 3 heteroatoms. The molecule has 1 aliphatic rings. The van der Waals surface area contributed by atoms with Crippen LogP contribution in [0.2, 0.25) is 0 Å². The van der Waals surface area contributed by atoms with Gasteiger partial charge in [0.2, 0.25) is 5.91 Å². The Bertz CT molecular complexity index is 906. The summed E-state index contributed by atoms with van der Waals surface area (Å²) in [6, 6.07) is 28.6. The van der Waals surface area contributed by atoms with Crippen molar-refractivity contribution in [3.63, 3.8) is 0 Å². The molecule has 28 heavy (non-hydrogen) atoms. The molecular formula is C25H25NO2. The van der Waals surface area contributed by atoms with Gasteiger partial charge in [-0.05, 0) is 54.7 Å². The number of β-lactam (4-membered cyclic amide) rings is 1. The lowest BCUT2D eigenvalue weighted by Gasteiger charge is -2.47. The van der Waals surface area contributed by atoms with Crippen molar-refractivity contribution >= 4 is 11.6 Å². The number of ether oxygens (including phenoxy) is 1. The highest BCUT2D eigenvalue weighted by atomic mass is 16.5. The van der Waals surface area contributed by atoms with E-state index in [1.165, 1.54) is 5.56 Å². The van der Waals surface area contributed by atoms with Crippen molar-refractivity contribution in [3.05, 3.63) is 96.1 Å². The quantitative estimate of drug-likeness (QED) is 0.519. The molecule has 2 atom stereocenters. The number of amides is 1. The van der Waals surface area contributed by atoms with Crippen molar-refractivity contribution in [2.75, 3.05) is 12.0 Å². The number of methoxy groups -OCH3 is 1. The molecule has 3 aromatic rings. The van der Waals surface area contributed by atoms with Crippen LogP contribution in [-0.4, -0.2) is 13.0 Å². The highest BCUT2D eigenvalue weighted by molar-refractivity contribution is 6.03. The molecule has 0 radical (unpaired) electrons. The van der Waals surface area contributed by atoms with Gasteiger partial charge in [-0.25, -0.2) is 0 Å². The number of benzene rings is 3. The van der Waals surface area contributed by atoms with Crippen LogP contribution in [0.15, 0.2) is 84.9 Å². The summed E-state index contributed by atoms with van der Waals surface area (Å²) in [5, 5.41) is 0. The molecule has 0 spiro atoms. The summed E-state index contributed by atoms with van der Waals surface area (Å²) < 4.78 is 5.29. The van der Waals surface area contributed by atoms with Crippen molar-refractivity contribution in [2.24, 2.45) is 5.92 Å². The van der Waals surface area contributed by atoms with Gasteiger partial charge in [-0.1, -0.05) is 60.7 Å². The molecule has 1 amide bonds. The van der Waals surface area contributed by atoms with Crippen molar-refractivity contribution in [1.82, 2.24) is 0 Å². The summed E-state index contributed by atoms with van der Waals surface area (Å²) in [5.74, 6) is 1.08. The Kier molecular flexibility index (Phi) is 5.43. The molecule has 1 fully saturated rings. The van der Waals surface area contributed by atoms with E-state index in [4.69, 9.17) is 4.74 Å². The smallest absolute Gasteiger partial charge is 0.233 e. The summed E-state index contributed by atoms with van der Waals surface area (Å²) in [4.78, 5) is 15.0. The zero-order chi connectivity index (χ0) is 19.3. The van der Waals surface area contributed by atoms with Gasteiger partial charge in [-0.3, -0.25) is 4.79 Å². The summed E-state index contributed by atoms with van der Waals surface area (Å²) >= 11 is 0. The molecule has 0 aliphatic carbocycles. The lowest BCUT2D eigenvalue weighted by molar-refractivity contribution is -0.130. The second-order valence-corrected chi connectivity index (χ2v) is 7.25. The molecule has 0 unspecified atom stereocenters. The van der Waals surface area contributed by atoms with Crippen LogP contribution in [0.4, 0.5) is 5.69 Å². The van der Waals surface area contributed by atoms with Crippen LogP contribution in [0.3, 0.4) is 0 Å². The van der Waals surface area contributed by atoms with E-state index in [1.54, 1.807) is 7.11 Å². The third-order valence-electron chi connectivity index (χ3n) is 5.53. The summed E-state index contributed by atoms with van der Waals surface area (Å²) in [7, 11) is 1.67. The lowest BCUT2D eigenvalue weighted by Crippen LogP contribution is -2.55. The largest absolute Gasteiger partial charge is 0.497 e. The fourth-order valence-electron chi connectivity index (χ4n) is 4.06. The van der Waals surface area contributed by atoms with Crippen molar-refractivity contribution in [1.29, 1.82) is 0 Å². The van der Waals surface area contributed by atoms with Gasteiger partial charge in [-0.15, -0.1) is 0 Å². The predicted molar refractivity (Wildman–Crippen MR) is 113 cm³/mol. The van der Waals surface area contributed by atoms with Crippen LogP contribution in [-0.2, 0) is 11.2 Å². The van der Waals surface area contributed by atoms with Crippen LogP contribution < -0.4 is 9.64 Å². The van der Waals surface area contributed by atoms with Crippen molar-refractivity contribution in [3.8, 4) is 5.75 Å². The lowest BCUT2D eigenvalue weighted by atomic mass is 9.78. The molecule has 0 saturated carbocycles. The molecule has 0 bridgehead atoms. The minimum Gasteiger partial charge on any atom is -0.497 e. The van der Waals surface area contributed by atoms with E-state index in [2.05, 4.69) is 36.4 Å². The van der Waals surface area contributed by atoms with Gasteiger partial charge in [0, 0.05) is 5.69 Å². The first-order chi connectivity index (χ1) is 13.8. The Morgan fingerprint density at radius 2 is 1.50 bits per heavy atom. The van der Waals surface area contributed by atoms with Crippen LogP contribution in [0, 0.1) is 5.92 Å². The van der Waals surface area contributed by atoms with E-state index in [0.29, 0.717) is 0 Å². The maximum atomic E-state index is 13.0. The van der Waals surface area contributed by atoms with Crippen LogP contribution in [0.1, 0.15) is 30.0 Å². The average Bonchev–Trinajstić information content (AvgIpc) is 2.76. The third kappa shape index (κ3) is 3.65. The molecule has 4 rings (SSSR count). The SMILES string of the molecule is COc1ccc([C@@H]2[C@H](CCCc3ccccc3)C(=O)N2c2ccccc2)cc1. The van der Waals surface area contributed by atoms with Gasteiger partial charge in [0.15, 0.2) is 0 Å². The maximum absolute atomic E-state index is 13.0. The van der Waals surface area contributed by atoms with Crippen LogP contribution >= 0.6 is 0 Å². The number of anilines is 1. The monoisotopic (exact) mass is 371 g/mol. The highest BCUT2D eigenvalue weighted by Crippen LogP contribution is 2.45. The first kappa shape index (κ1) is 18.3. The summed E-state index contributed by atoms with van der Waals surface area (Å²) in [6.07, 6.45) is 2.91. The number of nitrogens with zero attached hydrogens (tertiary/aromatic N) is 1. The Hall–Kier alpha value is -3.07. The number of carbonyl (C=O) groups excluding carboxylic acids is 1. The van der Waals surface area contributed by atoms with Crippen LogP contribution in [0.5, 0.6) is 5.75 Å². The zero-order valence-corrected chi connectivity index (χ0v) is 16.1. The third-order valence-corrected chi connectivity index (χ3v) is 5.53. The Morgan fingerprint density at radius 1 is 0.857 bits per heavy atom. The van der Waals surface area contributed by atoms with Gasteiger partial charge >= 0.3 is 0 Å². The second-order valence-electron chi connectivity index (χ2n) is 7.25. The number of aryl methyl sites for hydroxylation is 1. The topological polar surface area (TPSA) is 29.5 Å². The highest BCUT2D eigenvalue weighted by Gasteiger charge is 2.48. The molecular weight excluding hydrogens is 346 g/mol. The summed E-state index contributed by atoms with van der Waals surface area (Å²) in [5.41, 5.74) is 3.46. The van der Waals surface area contributed by atoms with Gasteiger partial charge in [0.1, 0.15) is 5.75 Å². The first-order valence-electron chi connectivity index (χ1n) is 9.84. The standard InChI is InChI=1S/C25H25NO2/c1-28-22-17-15-20(16-18-22)24-23(14-8-11-19-9-4-2-5-10-19)25(27)26(24)21-12-6-3-7-13-21/h2-7,9-10,12-13,15-18,23-24H,8,11,14H2,1H3/t23-,24+/m0/s1. The van der Waals surface area contributed by atoms with Crippen molar-refractivity contribution < 1.29 is 9.53 Å². The van der Waals surface area contributed by atoms with Gasteiger partial charge in [0.25, 0.3) is 0 Å². The van der Waals surface area contributed by atoms with Gasteiger partial charge < -0.3 is 9.64 Å². The predicted octanol–water partition coefficient (Wildman–Crippen LogP) is 5.42. The van der Waals surface area contributed by atoms with E-state index >= 15 is 0 Å². The number of hydrogen-bond acceptors (Lipinski definition) is 2. The maximum Gasteiger partial charge on any atom is 0.233 e. The first-order valence-corrected chi connectivity index (χ1v) is 9.84. The molecule has 0 aromatic heterocycles. The molecule has 1 saturated heterocycles. The van der Waals surface area contributed by atoms with Gasteiger partial charge in [0.05, 0.1) is 19.1 Å². The molecule has 1 heterocycles. The molecule has 0 N–H and O–H groups in total. The number of hydrogen-bond donors (Lipinski definition) is 0. The van der Waals surface area contributed by atoms with E-state index < -0.39 is 0 Å². The molecule has 3 nitrogen and oxygen atoms in total. The molecule has 3 aromatic carbocycles. The minimum atomic E-state index is 0.0253. The fraction of sp³-hybridized carbons (Fsp3) is 0.240. The zero-order valence-electron chi connectivity index (χ0n) is 16.1. The number of carbonyl (C=O) groups is 1. The van der Waals surface area contributed by atoms with E-state index in [9.17, 15) is 4.79 Å².